The van der Waals surface area contributed by atoms with Crippen LogP contribution in [0.15, 0.2) is 12.4 Å². The minimum atomic E-state index is 0.412. The molecule has 0 aromatic carbocycles. The largest absolute Gasteiger partial charge is 0.369 e. The van der Waals surface area contributed by atoms with Gasteiger partial charge in [0, 0.05) is 18.9 Å². The van der Waals surface area contributed by atoms with Gasteiger partial charge in [-0.15, -0.1) is 0 Å². The van der Waals surface area contributed by atoms with E-state index >= 15 is 0 Å². The van der Waals surface area contributed by atoms with Gasteiger partial charge in [-0.2, -0.15) is 0 Å². The average molecular weight is 181 g/mol. The topological polar surface area (TPSA) is 43.8 Å². The number of rotatable bonds is 3. The summed E-state index contributed by atoms with van der Waals surface area (Å²) in [4.78, 5) is 3.97. The van der Waals surface area contributed by atoms with E-state index in [0.29, 0.717) is 11.4 Å². The van der Waals surface area contributed by atoms with Crippen LogP contribution < -0.4 is 5.73 Å². The molecule has 1 rings (SSSR count). The maximum Gasteiger partial charge on any atom is 0.200 e. The molecule has 3 heteroatoms. The summed E-state index contributed by atoms with van der Waals surface area (Å²) in [7, 11) is 0. The Morgan fingerprint density at radius 1 is 1.46 bits per heavy atom. The molecule has 2 N–H and O–H groups in total. The third-order valence-electron chi connectivity index (χ3n) is 2.07. The van der Waals surface area contributed by atoms with Crippen molar-refractivity contribution in [1.29, 1.82) is 0 Å². The van der Waals surface area contributed by atoms with E-state index in [2.05, 4.69) is 25.8 Å². The number of anilines is 1. The number of nitrogens with two attached hydrogens (primary N) is 1. The minimum absolute atomic E-state index is 0.412. The standard InChI is InChI=1S/C10H19N3/c1-10(2,3)5-4-7-13-8-6-12-9(13)11/h6,8H,4-5,7H2,1-3H3,(H2,11,12). The van der Waals surface area contributed by atoms with Crippen molar-refractivity contribution in [3.63, 3.8) is 0 Å². The van der Waals surface area contributed by atoms with Crippen molar-refractivity contribution in [1.82, 2.24) is 9.55 Å². The average Bonchev–Trinajstić information content (AvgIpc) is 2.34. The Morgan fingerprint density at radius 2 is 2.15 bits per heavy atom. The minimum Gasteiger partial charge on any atom is -0.369 e. The van der Waals surface area contributed by atoms with Crippen molar-refractivity contribution in [2.24, 2.45) is 5.41 Å². The molecular weight excluding hydrogens is 162 g/mol. The summed E-state index contributed by atoms with van der Waals surface area (Å²) in [5.41, 5.74) is 6.05. The molecule has 0 aliphatic heterocycles. The van der Waals surface area contributed by atoms with Crippen LogP contribution in [0.4, 0.5) is 5.95 Å². The van der Waals surface area contributed by atoms with Gasteiger partial charge in [-0.05, 0) is 18.3 Å². The highest BCUT2D eigenvalue weighted by molar-refractivity contribution is 5.16. The van der Waals surface area contributed by atoms with Gasteiger partial charge >= 0.3 is 0 Å². The van der Waals surface area contributed by atoms with Crippen LogP contribution in [0.2, 0.25) is 0 Å². The zero-order valence-corrected chi connectivity index (χ0v) is 8.75. The van der Waals surface area contributed by atoms with Crippen LogP contribution in [-0.4, -0.2) is 9.55 Å². The molecule has 74 valence electrons. The molecule has 0 radical (unpaired) electrons. The van der Waals surface area contributed by atoms with E-state index in [0.717, 1.165) is 13.0 Å². The predicted molar refractivity (Wildman–Crippen MR) is 55.3 cm³/mol. The van der Waals surface area contributed by atoms with Gasteiger partial charge in [0.1, 0.15) is 0 Å². The zero-order chi connectivity index (χ0) is 9.90. The summed E-state index contributed by atoms with van der Waals surface area (Å²) in [6.45, 7) is 7.74. The van der Waals surface area contributed by atoms with Crippen molar-refractivity contribution < 1.29 is 0 Å². The number of nitrogen functional groups attached to an aromatic ring is 1. The first-order valence-corrected chi connectivity index (χ1v) is 4.76. The van der Waals surface area contributed by atoms with Crippen molar-refractivity contribution in [3.8, 4) is 0 Å². The zero-order valence-electron chi connectivity index (χ0n) is 8.75. The van der Waals surface area contributed by atoms with Gasteiger partial charge in [0.2, 0.25) is 0 Å². The Bertz CT molecular complexity index is 257. The predicted octanol–water partition coefficient (Wildman–Crippen LogP) is 2.29. The summed E-state index contributed by atoms with van der Waals surface area (Å²) in [5.74, 6) is 0.619. The summed E-state index contributed by atoms with van der Waals surface area (Å²) in [6.07, 6.45) is 6.04. The highest BCUT2D eigenvalue weighted by Gasteiger charge is 2.09. The van der Waals surface area contributed by atoms with Gasteiger partial charge in [0.15, 0.2) is 5.95 Å². The fourth-order valence-corrected chi connectivity index (χ4v) is 1.31. The lowest BCUT2D eigenvalue weighted by molar-refractivity contribution is 0.354. The summed E-state index contributed by atoms with van der Waals surface area (Å²) >= 11 is 0. The highest BCUT2D eigenvalue weighted by atomic mass is 15.1. The monoisotopic (exact) mass is 181 g/mol. The molecule has 0 spiro atoms. The molecule has 0 atom stereocenters. The second-order valence-corrected chi connectivity index (χ2v) is 4.64. The smallest absolute Gasteiger partial charge is 0.200 e. The van der Waals surface area contributed by atoms with E-state index in [1.165, 1.54) is 6.42 Å². The quantitative estimate of drug-likeness (QED) is 0.777. The fourth-order valence-electron chi connectivity index (χ4n) is 1.31. The molecule has 0 saturated carbocycles. The van der Waals surface area contributed by atoms with Gasteiger partial charge < -0.3 is 10.3 Å². The van der Waals surface area contributed by atoms with Crippen molar-refractivity contribution in [2.45, 2.75) is 40.2 Å². The van der Waals surface area contributed by atoms with Gasteiger partial charge in [-0.3, -0.25) is 0 Å². The first-order valence-electron chi connectivity index (χ1n) is 4.76. The highest BCUT2D eigenvalue weighted by Crippen LogP contribution is 2.21. The lowest BCUT2D eigenvalue weighted by atomic mass is 9.91. The summed E-state index contributed by atoms with van der Waals surface area (Å²) < 4.78 is 1.99. The van der Waals surface area contributed by atoms with Gasteiger partial charge in [0.25, 0.3) is 0 Å². The van der Waals surface area contributed by atoms with Crippen LogP contribution in [0.25, 0.3) is 0 Å². The van der Waals surface area contributed by atoms with Gasteiger partial charge in [0.05, 0.1) is 0 Å². The summed E-state index contributed by atoms with van der Waals surface area (Å²) in [6, 6.07) is 0. The molecule has 0 bridgehead atoms. The molecule has 0 aliphatic carbocycles. The lowest BCUT2D eigenvalue weighted by Gasteiger charge is -2.17. The number of aromatic nitrogens is 2. The van der Waals surface area contributed by atoms with Crippen LogP contribution in [-0.2, 0) is 6.54 Å². The number of imidazole rings is 1. The van der Waals surface area contributed by atoms with Crippen LogP contribution in [0.5, 0.6) is 0 Å². The lowest BCUT2D eigenvalue weighted by Crippen LogP contribution is -2.08. The third kappa shape index (κ3) is 3.49. The Morgan fingerprint density at radius 3 is 2.62 bits per heavy atom. The van der Waals surface area contributed by atoms with E-state index in [9.17, 15) is 0 Å². The van der Waals surface area contributed by atoms with Crippen LogP contribution in [0.1, 0.15) is 33.6 Å². The Balaban J connectivity index is 2.32. The van der Waals surface area contributed by atoms with E-state index < -0.39 is 0 Å². The SMILES string of the molecule is CC(C)(C)CCCn1ccnc1N. The molecule has 0 aliphatic rings. The molecule has 0 amide bonds. The number of hydrogen-bond donors (Lipinski definition) is 1. The second-order valence-electron chi connectivity index (χ2n) is 4.64. The molecule has 0 saturated heterocycles. The third-order valence-corrected chi connectivity index (χ3v) is 2.07. The van der Waals surface area contributed by atoms with E-state index in [4.69, 9.17) is 5.73 Å². The molecule has 3 nitrogen and oxygen atoms in total. The van der Waals surface area contributed by atoms with E-state index in [-0.39, 0.29) is 0 Å². The van der Waals surface area contributed by atoms with E-state index in [1.807, 2.05) is 10.8 Å². The van der Waals surface area contributed by atoms with Gasteiger partial charge in [-0.1, -0.05) is 20.8 Å². The number of hydrogen-bond acceptors (Lipinski definition) is 2. The molecule has 1 heterocycles. The maximum atomic E-state index is 5.64. The molecule has 13 heavy (non-hydrogen) atoms. The molecule has 1 aromatic heterocycles. The van der Waals surface area contributed by atoms with Crippen molar-refractivity contribution in [3.05, 3.63) is 12.4 Å². The molecule has 1 aromatic rings. The first kappa shape index (κ1) is 10.1. The maximum absolute atomic E-state index is 5.64. The first-order chi connectivity index (χ1) is 5.99. The Kier molecular flexibility index (Phi) is 2.96. The van der Waals surface area contributed by atoms with Gasteiger partial charge in [-0.25, -0.2) is 4.98 Å². The molecule has 0 fully saturated rings. The Labute approximate surface area is 80.0 Å². The molecular formula is C10H19N3. The Hall–Kier alpha value is -0.990. The number of aryl methyl sites for hydroxylation is 1. The van der Waals surface area contributed by atoms with Crippen LogP contribution in [0, 0.1) is 5.41 Å². The van der Waals surface area contributed by atoms with Crippen molar-refractivity contribution in [2.75, 3.05) is 5.73 Å². The molecule has 0 unspecified atom stereocenters. The second kappa shape index (κ2) is 3.81. The van der Waals surface area contributed by atoms with Crippen LogP contribution >= 0.6 is 0 Å². The van der Waals surface area contributed by atoms with Crippen LogP contribution in [0.3, 0.4) is 0 Å². The number of nitrogens with zero attached hydrogens (tertiary/aromatic N) is 2. The summed E-state index contributed by atoms with van der Waals surface area (Å²) in [5, 5.41) is 0. The van der Waals surface area contributed by atoms with Crippen molar-refractivity contribution >= 4 is 5.95 Å². The van der Waals surface area contributed by atoms with E-state index in [1.54, 1.807) is 6.20 Å². The normalized spacial score (nSPS) is 11.9. The fraction of sp³-hybridized carbons (Fsp3) is 0.700.